The number of hydrogen-bond acceptors (Lipinski definition) is 9. The molecule has 7 N–H and O–H groups in total. The van der Waals surface area contributed by atoms with Crippen LogP contribution in [0.15, 0.2) is 128 Å². The zero-order valence-electron chi connectivity index (χ0n) is 37.5. The molecule has 0 aliphatic carbocycles. The minimum Gasteiger partial charge on any atom is -0.512 e. The molecule has 0 spiro atoms. The molecule has 1 unspecified atom stereocenters. The van der Waals surface area contributed by atoms with E-state index in [4.69, 9.17) is 12.2 Å². The largest absolute Gasteiger partial charge is 0.512 e. The van der Waals surface area contributed by atoms with E-state index in [0.717, 1.165) is 48.1 Å². The van der Waals surface area contributed by atoms with E-state index < -0.39 is 63.4 Å². The van der Waals surface area contributed by atoms with Gasteiger partial charge in [0.15, 0.2) is 5.11 Å². The van der Waals surface area contributed by atoms with Crippen LogP contribution in [0, 0.1) is 0 Å². The van der Waals surface area contributed by atoms with Gasteiger partial charge in [0.05, 0.1) is 51.3 Å². The van der Waals surface area contributed by atoms with Crippen molar-refractivity contribution in [2.75, 3.05) is 64.0 Å². The van der Waals surface area contributed by atoms with E-state index in [9.17, 15) is 44.7 Å². The Labute approximate surface area is 394 Å². The van der Waals surface area contributed by atoms with Crippen LogP contribution in [-0.2, 0) is 25.6 Å². The number of carbonyl (C=O) groups is 4. The number of aliphatic carboxylic acids is 4. The highest BCUT2D eigenvalue weighted by atomic mass is 32.1. The second-order valence-corrected chi connectivity index (χ2v) is 20.5. The topological polar surface area (TPSA) is 203 Å². The summed E-state index contributed by atoms with van der Waals surface area (Å²) in [7, 11) is -1.79. The maximum Gasteiger partial charge on any atom is 0.317 e. The number of nitrogens with zero attached hydrogens (tertiary/aromatic N) is 3. The van der Waals surface area contributed by atoms with Crippen LogP contribution in [0.2, 0.25) is 0 Å². The van der Waals surface area contributed by atoms with Gasteiger partial charge < -0.3 is 36.2 Å². The number of carboxylic acids is 4. The van der Waals surface area contributed by atoms with Crippen LogP contribution in [0.1, 0.15) is 56.9 Å². The minimum absolute atomic E-state index is 0.0994. The summed E-state index contributed by atoms with van der Waals surface area (Å²) < 4.78 is 0. The van der Waals surface area contributed by atoms with E-state index >= 15 is 0 Å². The highest BCUT2D eigenvalue weighted by Gasteiger charge is 2.44. The van der Waals surface area contributed by atoms with Crippen LogP contribution < -0.4 is 26.5 Å². The highest BCUT2D eigenvalue weighted by molar-refractivity contribution is 7.95. The Balaban J connectivity index is 1.23. The Morgan fingerprint density at radius 3 is 1.45 bits per heavy atom. The van der Waals surface area contributed by atoms with Crippen LogP contribution in [-0.4, -0.2) is 134 Å². The number of aliphatic hydroxyl groups excluding tert-OH is 1. The zero-order chi connectivity index (χ0) is 47.7. The fourth-order valence-corrected chi connectivity index (χ4v) is 12.9. The van der Waals surface area contributed by atoms with Gasteiger partial charge in [0.1, 0.15) is 23.2 Å². The third-order valence-electron chi connectivity index (χ3n) is 11.2. The summed E-state index contributed by atoms with van der Waals surface area (Å²) in [6, 6.07) is 39.7. The minimum atomic E-state index is -1.79. The van der Waals surface area contributed by atoms with Gasteiger partial charge in [0.2, 0.25) is 0 Å². The lowest BCUT2D eigenvalue weighted by atomic mass is 10.0. The average Bonchev–Trinajstić information content (AvgIpc) is 3.27. The molecular formula is C50H65N5O9PS+. The second kappa shape index (κ2) is 28.4. The van der Waals surface area contributed by atoms with Crippen molar-refractivity contribution in [3.63, 3.8) is 0 Å². The molecule has 0 radical (unpaired) electrons. The Kier molecular flexibility index (Phi) is 22.7. The lowest BCUT2D eigenvalue weighted by Crippen LogP contribution is -2.52. The highest BCUT2D eigenvalue weighted by Crippen LogP contribution is 2.56. The van der Waals surface area contributed by atoms with Crippen molar-refractivity contribution in [1.82, 2.24) is 20.0 Å². The predicted octanol–water partition coefficient (Wildman–Crippen LogP) is 6.27. The maximum absolute atomic E-state index is 11.9. The van der Waals surface area contributed by atoms with Crippen molar-refractivity contribution in [2.24, 2.45) is 0 Å². The summed E-state index contributed by atoms with van der Waals surface area (Å²) in [5.74, 6) is -5.34. The molecule has 0 bridgehead atoms. The molecule has 4 aromatic carbocycles. The maximum atomic E-state index is 11.9. The van der Waals surface area contributed by atoms with Gasteiger partial charge in [0, 0.05) is 24.8 Å². The third kappa shape index (κ3) is 18.7. The number of thiocarbonyl (C=S) groups is 1. The Hall–Kier alpha value is -5.70. The molecule has 0 aliphatic heterocycles. The second-order valence-electron chi connectivity index (χ2n) is 16.5. The van der Waals surface area contributed by atoms with E-state index in [-0.39, 0.29) is 31.9 Å². The molecule has 0 aromatic heterocycles. The molecule has 354 valence electrons. The lowest BCUT2D eigenvalue weighted by molar-refractivity contribution is -0.144. The molecular weight excluding hydrogens is 878 g/mol. The molecule has 0 saturated carbocycles. The molecule has 0 heterocycles. The first-order chi connectivity index (χ1) is 31.7. The van der Waals surface area contributed by atoms with E-state index in [0.29, 0.717) is 5.11 Å². The van der Waals surface area contributed by atoms with Crippen molar-refractivity contribution in [1.29, 1.82) is 0 Å². The smallest absolute Gasteiger partial charge is 0.317 e. The molecule has 0 aliphatic rings. The van der Waals surface area contributed by atoms with Crippen molar-refractivity contribution >= 4 is 70.1 Å². The van der Waals surface area contributed by atoms with Crippen LogP contribution in [0.4, 0.5) is 5.69 Å². The summed E-state index contributed by atoms with van der Waals surface area (Å²) in [4.78, 5) is 50.4. The summed E-state index contributed by atoms with van der Waals surface area (Å²) in [6.45, 7) is 1.16. The van der Waals surface area contributed by atoms with Gasteiger partial charge in [0.25, 0.3) is 0 Å². The van der Waals surface area contributed by atoms with Gasteiger partial charge >= 0.3 is 23.9 Å². The van der Waals surface area contributed by atoms with Crippen molar-refractivity contribution in [3.8, 4) is 0 Å². The summed E-state index contributed by atoms with van der Waals surface area (Å²) >= 11 is 5.56. The van der Waals surface area contributed by atoms with Crippen molar-refractivity contribution in [2.45, 2.75) is 63.8 Å². The van der Waals surface area contributed by atoms with Gasteiger partial charge in [-0.1, -0.05) is 105 Å². The fourth-order valence-electron chi connectivity index (χ4n) is 8.30. The molecule has 0 fully saturated rings. The van der Waals surface area contributed by atoms with Crippen LogP contribution in [0.25, 0.3) is 0 Å². The number of aliphatic hydroxyl groups is 1. The number of rotatable bonds is 32. The normalized spacial score (nSPS) is 11.9. The molecule has 0 amide bonds. The van der Waals surface area contributed by atoms with Gasteiger partial charge in [-0.25, -0.2) is 0 Å². The molecule has 4 rings (SSSR count). The molecule has 16 heteroatoms. The standard InChI is InChI=1S/C50H64N5O9PS/c1-39(56)32-55(37-49(63)64)42(33-53(34-46(57)58)38-54(35-47(59)60)36-48(61)62)31-40-25-27-41(28-26-40)52-50(66)51-29-17-6-4-2-3-5-7-18-30-65(43-19-11-8-12-20-43,44-21-13-9-14-22-44)45-23-15-10-16-24-45/h8-16,19-28,42H,1-7,17-18,29-38H2,(H6-,51,52,56,57,58,59,60,61,62,63,64,66)/p+1. The van der Waals surface area contributed by atoms with E-state index in [1.165, 1.54) is 57.8 Å². The van der Waals surface area contributed by atoms with E-state index in [2.05, 4.69) is 108 Å². The van der Waals surface area contributed by atoms with Crippen LogP contribution in [0.5, 0.6) is 0 Å². The monoisotopic (exact) mass is 942 g/mol. The predicted molar refractivity (Wildman–Crippen MR) is 267 cm³/mol. The van der Waals surface area contributed by atoms with Crippen molar-refractivity contribution in [3.05, 3.63) is 133 Å². The summed E-state index contributed by atoms with van der Waals surface area (Å²) in [5, 5.41) is 59.3. The lowest BCUT2D eigenvalue weighted by Gasteiger charge is -2.36. The van der Waals surface area contributed by atoms with Gasteiger partial charge in [-0.2, -0.15) is 0 Å². The van der Waals surface area contributed by atoms with Crippen LogP contribution >= 0.6 is 19.5 Å². The number of benzene rings is 4. The van der Waals surface area contributed by atoms with Gasteiger partial charge in [-0.15, -0.1) is 0 Å². The quantitative estimate of drug-likeness (QED) is 0.00948. The van der Waals surface area contributed by atoms with Crippen molar-refractivity contribution < 1.29 is 44.7 Å². The Morgan fingerprint density at radius 2 is 1.00 bits per heavy atom. The molecule has 1 atom stereocenters. The average molecular weight is 943 g/mol. The third-order valence-corrected chi connectivity index (χ3v) is 15.9. The molecule has 4 aromatic rings. The summed E-state index contributed by atoms with van der Waals surface area (Å²) in [5.41, 5.74) is 1.48. The molecule has 14 nitrogen and oxygen atoms in total. The first kappa shape index (κ1) is 52.9. The number of anilines is 1. The SMILES string of the molecule is C=C(O)CN(CC(=O)O)C(Cc1ccc(NC(=S)NCCCCCCCCCC[P+](c2ccccc2)(c2ccccc2)c2ccccc2)cc1)CN(CC(=O)O)CN(CC(=O)O)CC(=O)O. The Morgan fingerprint density at radius 1 is 0.561 bits per heavy atom. The first-order valence-corrected chi connectivity index (χ1v) is 24.7. The van der Waals surface area contributed by atoms with E-state index in [1.54, 1.807) is 0 Å². The van der Waals surface area contributed by atoms with Gasteiger partial charge in [-0.05, 0) is 92.0 Å². The molecule has 66 heavy (non-hydrogen) atoms. The number of carboxylic acid groups (broad SMARTS) is 4. The zero-order valence-corrected chi connectivity index (χ0v) is 39.3. The fraction of sp³-hybridized carbons (Fsp3) is 0.380. The summed E-state index contributed by atoms with van der Waals surface area (Å²) in [6.07, 6.45) is 10.6. The number of nitrogens with one attached hydrogen (secondary N) is 2. The van der Waals surface area contributed by atoms with Crippen LogP contribution in [0.3, 0.4) is 0 Å². The number of unbranched alkanes of at least 4 members (excludes halogenated alkanes) is 7. The van der Waals surface area contributed by atoms with Gasteiger partial charge in [-0.3, -0.25) is 33.9 Å². The number of hydrogen-bond donors (Lipinski definition) is 7. The van der Waals surface area contributed by atoms with E-state index in [1.807, 2.05) is 24.3 Å². The first-order valence-electron chi connectivity index (χ1n) is 22.4. The Bertz CT molecular complexity index is 2010. The molecule has 0 saturated heterocycles.